The van der Waals surface area contributed by atoms with Gasteiger partial charge in [-0.25, -0.2) is 9.98 Å². The third-order valence-electron chi connectivity index (χ3n) is 6.85. The Kier molecular flexibility index (Phi) is 6.39. The van der Waals surface area contributed by atoms with Crippen molar-refractivity contribution in [2.45, 2.75) is 32.2 Å². The van der Waals surface area contributed by atoms with Gasteiger partial charge in [0, 0.05) is 41.8 Å². The first-order valence-corrected chi connectivity index (χ1v) is 12.1. The lowest BCUT2D eigenvalue weighted by molar-refractivity contribution is 0.212. The number of nitrogens with zero attached hydrogens (tertiary/aromatic N) is 6. The summed E-state index contributed by atoms with van der Waals surface area (Å²) in [5, 5.41) is 6.31. The minimum absolute atomic E-state index is 0.410. The number of hydrogen-bond acceptors (Lipinski definition) is 6. The van der Waals surface area contributed by atoms with Crippen LogP contribution in [0.1, 0.15) is 32.2 Å². The van der Waals surface area contributed by atoms with E-state index >= 15 is 0 Å². The summed E-state index contributed by atoms with van der Waals surface area (Å²) in [5.41, 5.74) is 16.8. The van der Waals surface area contributed by atoms with E-state index in [1.54, 1.807) is 0 Å². The standard InChI is InChI=1S/C28H31N7/c1-4-20-11-12-24-26(32-27(20)29)25(18-30-28(24)34(3)22-9-7-5-6-8-10-22)21-17-31-35(19-21)23-13-15-33(2)16-14-23/h5,7-11,17-19,23H,4,13-16,29H2,1-3H3. The highest BCUT2D eigenvalue weighted by Crippen LogP contribution is 2.24. The van der Waals surface area contributed by atoms with Crippen molar-refractivity contribution in [1.82, 2.24) is 19.7 Å². The largest absolute Gasteiger partial charge is 0.383 e. The van der Waals surface area contributed by atoms with E-state index in [4.69, 9.17) is 20.8 Å². The molecule has 7 heteroatoms. The first-order valence-electron chi connectivity index (χ1n) is 12.1. The van der Waals surface area contributed by atoms with E-state index in [0.717, 1.165) is 71.1 Å². The average molecular weight is 466 g/mol. The van der Waals surface area contributed by atoms with E-state index in [2.05, 4.69) is 41.2 Å². The fourth-order valence-corrected chi connectivity index (χ4v) is 4.64. The lowest BCUT2D eigenvalue weighted by Gasteiger charge is -2.28. The lowest BCUT2D eigenvalue weighted by Crippen LogP contribution is -2.35. The summed E-state index contributed by atoms with van der Waals surface area (Å²) in [4.78, 5) is 14.2. The van der Waals surface area contributed by atoms with Gasteiger partial charge in [-0.1, -0.05) is 13.0 Å². The fourth-order valence-electron chi connectivity index (χ4n) is 4.64. The summed E-state index contributed by atoms with van der Waals surface area (Å²) in [5.74, 6) is 1.28. The molecule has 3 aliphatic rings. The number of nitrogens with two attached hydrogens (primary N) is 1. The number of likely N-dealkylation sites (N-methyl/N-ethyl adjacent to an activating group) is 1. The molecule has 178 valence electrons. The maximum absolute atomic E-state index is 6.42. The molecule has 4 heterocycles. The number of fused-ring (bicyclic) bond motifs is 1. The van der Waals surface area contributed by atoms with Crippen LogP contribution in [0.4, 0.5) is 5.82 Å². The van der Waals surface area contributed by atoms with Crippen molar-refractivity contribution >= 4 is 11.5 Å². The van der Waals surface area contributed by atoms with Gasteiger partial charge in [0.05, 0.1) is 22.8 Å². The second-order valence-corrected chi connectivity index (χ2v) is 9.14. The van der Waals surface area contributed by atoms with E-state index in [9.17, 15) is 0 Å². The number of allylic oxidation sites excluding steroid dienone is 6. The SMILES string of the molecule is CCC1=C(N)N=c2c(-c3cnn(C4CCN(C)CC4)c3)cnc(N(C)C3=CC=C=CC=C3)c2=C=C1. The Bertz CT molecular complexity index is 1450. The van der Waals surface area contributed by atoms with Crippen LogP contribution in [0, 0.1) is 0 Å². The van der Waals surface area contributed by atoms with Crippen LogP contribution in [-0.4, -0.2) is 46.8 Å². The average Bonchev–Trinajstić information content (AvgIpc) is 3.09. The molecule has 5 rings (SSSR count). The van der Waals surface area contributed by atoms with Crippen LogP contribution >= 0.6 is 0 Å². The van der Waals surface area contributed by atoms with Gasteiger partial charge in [0.1, 0.15) is 11.6 Å². The van der Waals surface area contributed by atoms with Gasteiger partial charge in [-0.05, 0) is 69.8 Å². The molecule has 2 aromatic heterocycles. The molecule has 0 saturated carbocycles. The molecule has 0 atom stereocenters. The highest BCUT2D eigenvalue weighted by molar-refractivity contribution is 5.65. The van der Waals surface area contributed by atoms with Gasteiger partial charge in [0.25, 0.3) is 0 Å². The summed E-state index contributed by atoms with van der Waals surface area (Å²) in [6, 6.07) is 0.410. The van der Waals surface area contributed by atoms with Gasteiger partial charge in [-0.15, -0.1) is 11.5 Å². The third-order valence-corrected chi connectivity index (χ3v) is 6.85. The van der Waals surface area contributed by atoms with Crippen LogP contribution in [0.25, 0.3) is 16.9 Å². The van der Waals surface area contributed by atoms with E-state index in [0.29, 0.717) is 11.9 Å². The predicted molar refractivity (Wildman–Crippen MR) is 140 cm³/mol. The number of anilines is 1. The Morgan fingerprint density at radius 3 is 2.83 bits per heavy atom. The lowest BCUT2D eigenvalue weighted by atomic mass is 10.1. The van der Waals surface area contributed by atoms with Crippen molar-refractivity contribution in [2.24, 2.45) is 10.7 Å². The summed E-state index contributed by atoms with van der Waals surface area (Å²) in [6.07, 6.45) is 20.6. The first kappa shape index (κ1) is 22.9. The summed E-state index contributed by atoms with van der Waals surface area (Å²) >= 11 is 0. The topological polar surface area (TPSA) is 75.6 Å². The molecule has 0 spiro atoms. The number of piperidine rings is 1. The number of hydrogen-bond donors (Lipinski definition) is 1. The van der Waals surface area contributed by atoms with Crippen molar-refractivity contribution in [2.75, 3.05) is 32.1 Å². The minimum Gasteiger partial charge on any atom is -0.383 e. The van der Waals surface area contributed by atoms with E-state index < -0.39 is 0 Å². The predicted octanol–water partition coefficient (Wildman–Crippen LogP) is 2.96. The highest BCUT2D eigenvalue weighted by Gasteiger charge is 2.20. The number of pyridine rings is 1. The molecule has 35 heavy (non-hydrogen) atoms. The third kappa shape index (κ3) is 4.58. The van der Waals surface area contributed by atoms with Crippen molar-refractivity contribution in [3.05, 3.63) is 88.4 Å². The van der Waals surface area contributed by atoms with Crippen molar-refractivity contribution in [3.8, 4) is 11.1 Å². The Labute approximate surface area is 206 Å². The van der Waals surface area contributed by atoms with Crippen molar-refractivity contribution in [3.63, 3.8) is 0 Å². The molecule has 0 bridgehead atoms. The van der Waals surface area contributed by atoms with E-state index in [1.165, 1.54) is 0 Å². The van der Waals surface area contributed by atoms with Crippen LogP contribution in [0.5, 0.6) is 0 Å². The Balaban J connectivity index is 1.63. The summed E-state index contributed by atoms with van der Waals surface area (Å²) in [6.45, 7) is 4.25. The van der Waals surface area contributed by atoms with Gasteiger partial charge in [0.2, 0.25) is 0 Å². The summed E-state index contributed by atoms with van der Waals surface area (Å²) < 4.78 is 2.10. The Morgan fingerprint density at radius 2 is 2.03 bits per heavy atom. The molecule has 2 aliphatic heterocycles. The molecule has 1 saturated heterocycles. The smallest absolute Gasteiger partial charge is 0.150 e. The summed E-state index contributed by atoms with van der Waals surface area (Å²) in [7, 11) is 4.17. The van der Waals surface area contributed by atoms with Crippen molar-refractivity contribution < 1.29 is 0 Å². The number of rotatable bonds is 5. The normalized spacial score (nSPS) is 18.0. The number of likely N-dealkylation sites (tertiary alicyclic amines) is 1. The molecule has 0 amide bonds. The molecule has 1 fully saturated rings. The van der Waals surface area contributed by atoms with Crippen LogP contribution in [-0.2, 0) is 0 Å². The molecule has 0 aromatic carbocycles. The maximum Gasteiger partial charge on any atom is 0.150 e. The van der Waals surface area contributed by atoms with Crippen LogP contribution in [0.2, 0.25) is 0 Å². The molecule has 2 N–H and O–H groups in total. The molecule has 2 aromatic rings. The quantitative estimate of drug-likeness (QED) is 0.687. The van der Waals surface area contributed by atoms with E-state index in [-0.39, 0.29) is 0 Å². The molecule has 0 unspecified atom stereocenters. The second-order valence-electron chi connectivity index (χ2n) is 9.14. The molecule has 1 aliphatic carbocycles. The van der Waals surface area contributed by atoms with Crippen LogP contribution in [0.3, 0.4) is 0 Å². The minimum atomic E-state index is 0.410. The Hall–Kier alpha value is -3.89. The van der Waals surface area contributed by atoms with Crippen LogP contribution < -0.4 is 21.2 Å². The fraction of sp³-hybridized carbons (Fsp3) is 0.321. The molecule has 0 radical (unpaired) electrons. The zero-order valence-electron chi connectivity index (χ0n) is 20.6. The van der Waals surface area contributed by atoms with Gasteiger partial charge in [-0.2, -0.15) is 5.10 Å². The molecular weight excluding hydrogens is 434 g/mol. The zero-order chi connectivity index (χ0) is 24.4. The van der Waals surface area contributed by atoms with Crippen molar-refractivity contribution in [1.29, 1.82) is 0 Å². The van der Waals surface area contributed by atoms with Gasteiger partial charge in [-0.3, -0.25) is 4.68 Å². The molecule has 7 nitrogen and oxygen atoms in total. The number of aromatic nitrogens is 3. The highest BCUT2D eigenvalue weighted by atomic mass is 15.3. The maximum atomic E-state index is 6.42. The zero-order valence-corrected chi connectivity index (χ0v) is 20.6. The van der Waals surface area contributed by atoms with Gasteiger partial charge < -0.3 is 15.5 Å². The van der Waals surface area contributed by atoms with Gasteiger partial charge in [0.15, 0.2) is 0 Å². The van der Waals surface area contributed by atoms with Crippen LogP contribution in [0.15, 0.2) is 82.9 Å². The second kappa shape index (κ2) is 9.77. The van der Waals surface area contributed by atoms with E-state index in [1.807, 2.05) is 60.8 Å². The first-order chi connectivity index (χ1) is 17.0. The molecular formula is C28H31N7. The van der Waals surface area contributed by atoms with Gasteiger partial charge >= 0.3 is 0 Å². The Morgan fingerprint density at radius 1 is 1.20 bits per heavy atom. The monoisotopic (exact) mass is 465 g/mol.